The summed E-state index contributed by atoms with van der Waals surface area (Å²) in [5, 5.41) is 3.55. The molecule has 1 rings (SSSR count). The minimum Gasteiger partial charge on any atom is -0.316 e. The third-order valence-electron chi connectivity index (χ3n) is 4.12. The molecule has 1 N–H and O–H groups in total. The molecule has 1 unspecified atom stereocenters. The lowest BCUT2D eigenvalue weighted by Gasteiger charge is -2.46. The molecule has 0 aliphatic carbocycles. The van der Waals surface area contributed by atoms with Crippen LogP contribution in [0.5, 0.6) is 0 Å². The predicted molar refractivity (Wildman–Crippen MR) is 76.4 cm³/mol. The Morgan fingerprint density at radius 1 is 1.12 bits per heavy atom. The van der Waals surface area contributed by atoms with Crippen LogP contribution in [0.15, 0.2) is 0 Å². The number of hydrogen-bond acceptors (Lipinski definition) is 2. The fraction of sp³-hybridized carbons (Fsp3) is 1.00. The molecule has 2 heteroatoms. The smallest absolute Gasteiger partial charge is 0.0171 e. The first kappa shape index (κ1) is 15.0. The summed E-state index contributed by atoms with van der Waals surface area (Å²) in [5.41, 5.74) is 0.430. The van der Waals surface area contributed by atoms with E-state index in [1.54, 1.807) is 0 Å². The number of piperidine rings is 1. The molecule has 1 aliphatic rings. The van der Waals surface area contributed by atoms with Crippen molar-refractivity contribution in [2.75, 3.05) is 26.2 Å². The van der Waals surface area contributed by atoms with Crippen LogP contribution in [0, 0.1) is 5.41 Å². The molecular formula is C15H32N2. The summed E-state index contributed by atoms with van der Waals surface area (Å²) in [5.74, 6) is 0. The summed E-state index contributed by atoms with van der Waals surface area (Å²) >= 11 is 0. The Hall–Kier alpha value is -0.0800. The third kappa shape index (κ3) is 4.59. The van der Waals surface area contributed by atoms with Crippen molar-refractivity contribution in [2.45, 2.75) is 65.8 Å². The minimum atomic E-state index is 0.430. The van der Waals surface area contributed by atoms with E-state index in [1.165, 1.54) is 58.3 Å². The van der Waals surface area contributed by atoms with Crippen molar-refractivity contribution in [3.63, 3.8) is 0 Å². The largest absolute Gasteiger partial charge is 0.316 e. The van der Waals surface area contributed by atoms with Gasteiger partial charge in [-0.3, -0.25) is 4.90 Å². The van der Waals surface area contributed by atoms with Gasteiger partial charge in [-0.2, -0.15) is 0 Å². The second kappa shape index (κ2) is 7.38. The maximum Gasteiger partial charge on any atom is 0.0171 e. The van der Waals surface area contributed by atoms with Crippen LogP contribution in [0.3, 0.4) is 0 Å². The zero-order valence-electron chi connectivity index (χ0n) is 12.4. The quantitative estimate of drug-likeness (QED) is 0.735. The SMILES string of the molecule is CCCCN(CCCC)C1CCNCC1(C)C. The van der Waals surface area contributed by atoms with E-state index >= 15 is 0 Å². The molecule has 0 amide bonds. The number of nitrogens with zero attached hydrogens (tertiary/aromatic N) is 1. The van der Waals surface area contributed by atoms with Crippen LogP contribution in [-0.4, -0.2) is 37.1 Å². The predicted octanol–water partition coefficient (Wildman–Crippen LogP) is 3.28. The van der Waals surface area contributed by atoms with Gasteiger partial charge in [0.1, 0.15) is 0 Å². The van der Waals surface area contributed by atoms with Gasteiger partial charge in [-0.15, -0.1) is 0 Å². The summed E-state index contributed by atoms with van der Waals surface area (Å²) in [6.45, 7) is 14.4. The van der Waals surface area contributed by atoms with E-state index < -0.39 is 0 Å². The summed E-state index contributed by atoms with van der Waals surface area (Å²) in [6.07, 6.45) is 6.65. The molecule has 0 radical (unpaired) electrons. The molecule has 1 aliphatic heterocycles. The van der Waals surface area contributed by atoms with E-state index in [0.717, 1.165) is 6.04 Å². The molecule has 0 saturated carbocycles. The van der Waals surface area contributed by atoms with Crippen molar-refractivity contribution in [2.24, 2.45) is 5.41 Å². The fourth-order valence-corrected chi connectivity index (χ4v) is 2.98. The van der Waals surface area contributed by atoms with Gasteiger partial charge in [0.2, 0.25) is 0 Å². The van der Waals surface area contributed by atoms with E-state index in [9.17, 15) is 0 Å². The molecule has 0 spiro atoms. The Labute approximate surface area is 108 Å². The molecule has 0 bridgehead atoms. The number of nitrogens with one attached hydrogen (secondary N) is 1. The number of hydrogen-bond donors (Lipinski definition) is 1. The summed E-state index contributed by atoms with van der Waals surface area (Å²) < 4.78 is 0. The molecular weight excluding hydrogens is 208 g/mol. The Bertz CT molecular complexity index is 193. The van der Waals surface area contributed by atoms with Crippen molar-refractivity contribution in [1.82, 2.24) is 10.2 Å². The average molecular weight is 240 g/mol. The summed E-state index contributed by atoms with van der Waals surface area (Å²) in [4.78, 5) is 2.77. The van der Waals surface area contributed by atoms with Gasteiger partial charge in [0, 0.05) is 12.6 Å². The van der Waals surface area contributed by atoms with Crippen LogP contribution in [0.2, 0.25) is 0 Å². The summed E-state index contributed by atoms with van der Waals surface area (Å²) in [6, 6.07) is 0.779. The average Bonchev–Trinajstić information content (AvgIpc) is 2.30. The van der Waals surface area contributed by atoms with Gasteiger partial charge in [-0.05, 0) is 44.3 Å². The number of rotatable bonds is 7. The first-order valence-electron chi connectivity index (χ1n) is 7.56. The Kier molecular flexibility index (Phi) is 6.50. The van der Waals surface area contributed by atoms with Crippen molar-refractivity contribution in [1.29, 1.82) is 0 Å². The third-order valence-corrected chi connectivity index (χ3v) is 4.12. The van der Waals surface area contributed by atoms with Crippen LogP contribution < -0.4 is 5.32 Å². The Balaban J connectivity index is 2.58. The van der Waals surface area contributed by atoms with Gasteiger partial charge < -0.3 is 5.32 Å². The molecule has 0 aromatic carbocycles. The highest BCUT2D eigenvalue weighted by Gasteiger charge is 2.35. The standard InChI is InChI=1S/C15H32N2/c1-5-7-11-17(12-8-6-2)14-9-10-16-13-15(14,3)4/h14,16H,5-13H2,1-4H3. The van der Waals surface area contributed by atoms with Gasteiger partial charge in [0.15, 0.2) is 0 Å². The van der Waals surface area contributed by atoms with Crippen LogP contribution in [0.4, 0.5) is 0 Å². The van der Waals surface area contributed by atoms with Gasteiger partial charge in [-0.1, -0.05) is 40.5 Å². The van der Waals surface area contributed by atoms with Crippen molar-refractivity contribution >= 4 is 0 Å². The van der Waals surface area contributed by atoms with Gasteiger partial charge in [0.25, 0.3) is 0 Å². The number of unbranched alkanes of at least 4 members (excludes halogenated alkanes) is 2. The molecule has 1 atom stereocenters. The maximum absolute atomic E-state index is 3.55. The molecule has 2 nitrogen and oxygen atoms in total. The molecule has 0 aromatic heterocycles. The van der Waals surface area contributed by atoms with E-state index in [4.69, 9.17) is 0 Å². The van der Waals surface area contributed by atoms with Crippen LogP contribution in [0.25, 0.3) is 0 Å². The van der Waals surface area contributed by atoms with E-state index in [0.29, 0.717) is 5.41 Å². The fourth-order valence-electron chi connectivity index (χ4n) is 2.98. The molecule has 1 fully saturated rings. The van der Waals surface area contributed by atoms with Gasteiger partial charge >= 0.3 is 0 Å². The lowest BCUT2D eigenvalue weighted by atomic mass is 9.79. The first-order valence-corrected chi connectivity index (χ1v) is 7.56. The van der Waals surface area contributed by atoms with Crippen molar-refractivity contribution in [3.05, 3.63) is 0 Å². The highest BCUT2D eigenvalue weighted by molar-refractivity contribution is 4.91. The monoisotopic (exact) mass is 240 g/mol. The molecule has 1 saturated heterocycles. The summed E-state index contributed by atoms with van der Waals surface area (Å²) in [7, 11) is 0. The van der Waals surface area contributed by atoms with Crippen LogP contribution in [-0.2, 0) is 0 Å². The van der Waals surface area contributed by atoms with Gasteiger partial charge in [-0.25, -0.2) is 0 Å². The van der Waals surface area contributed by atoms with Crippen molar-refractivity contribution < 1.29 is 0 Å². The van der Waals surface area contributed by atoms with E-state index in [2.05, 4.69) is 37.9 Å². The zero-order chi connectivity index (χ0) is 12.7. The molecule has 0 aromatic rings. The molecule has 17 heavy (non-hydrogen) atoms. The van der Waals surface area contributed by atoms with E-state index in [-0.39, 0.29) is 0 Å². The lowest BCUT2D eigenvalue weighted by molar-refractivity contribution is 0.0571. The second-order valence-electron chi connectivity index (χ2n) is 6.21. The Morgan fingerprint density at radius 3 is 2.18 bits per heavy atom. The van der Waals surface area contributed by atoms with E-state index in [1.807, 2.05) is 0 Å². The first-order chi connectivity index (χ1) is 8.11. The second-order valence-corrected chi connectivity index (χ2v) is 6.21. The van der Waals surface area contributed by atoms with Crippen molar-refractivity contribution in [3.8, 4) is 0 Å². The Morgan fingerprint density at radius 2 is 1.71 bits per heavy atom. The molecule has 1 heterocycles. The maximum atomic E-state index is 3.55. The zero-order valence-corrected chi connectivity index (χ0v) is 12.4. The topological polar surface area (TPSA) is 15.3 Å². The van der Waals surface area contributed by atoms with Crippen LogP contribution in [0.1, 0.15) is 59.8 Å². The highest BCUT2D eigenvalue weighted by Crippen LogP contribution is 2.30. The normalized spacial score (nSPS) is 24.2. The minimum absolute atomic E-state index is 0.430. The lowest BCUT2D eigenvalue weighted by Crippen LogP contribution is -2.55. The highest BCUT2D eigenvalue weighted by atomic mass is 15.2. The van der Waals surface area contributed by atoms with Crippen LogP contribution >= 0.6 is 0 Å². The van der Waals surface area contributed by atoms with Gasteiger partial charge in [0.05, 0.1) is 0 Å². The molecule has 102 valence electrons.